The van der Waals surface area contributed by atoms with Gasteiger partial charge in [-0.2, -0.15) is 0 Å². The molecule has 4 atom stereocenters. The number of amides is 2. The van der Waals surface area contributed by atoms with Gasteiger partial charge in [-0.05, 0) is 30.5 Å². The predicted molar refractivity (Wildman–Crippen MR) is 97.9 cm³/mol. The van der Waals surface area contributed by atoms with E-state index in [4.69, 9.17) is 9.47 Å². The number of allylic oxidation sites excluding steroid dienone is 1. The molecule has 2 aliphatic heterocycles. The molecule has 2 heterocycles. The van der Waals surface area contributed by atoms with Gasteiger partial charge in [0, 0.05) is 13.1 Å². The smallest absolute Gasteiger partial charge is 0.326 e. The number of hydrogen-bond donors (Lipinski definition) is 1. The maximum absolute atomic E-state index is 12.8. The zero-order valence-electron chi connectivity index (χ0n) is 15.9. The zero-order valence-corrected chi connectivity index (χ0v) is 15.9. The third kappa shape index (κ3) is 2.73. The summed E-state index contributed by atoms with van der Waals surface area (Å²) in [6.07, 6.45) is 2.36. The van der Waals surface area contributed by atoms with Gasteiger partial charge < -0.3 is 9.47 Å². The molecule has 27 heavy (non-hydrogen) atoms. The number of ether oxygens (including phenoxy) is 2. The molecule has 0 aliphatic carbocycles. The number of nitrogens with one attached hydrogen (secondary N) is 1. The maximum atomic E-state index is 12.8. The van der Waals surface area contributed by atoms with Crippen LogP contribution in [-0.2, 0) is 25.5 Å². The fraction of sp³-hybridized carbons (Fsp3) is 0.450. The van der Waals surface area contributed by atoms with Crippen molar-refractivity contribution >= 4 is 17.8 Å². The van der Waals surface area contributed by atoms with Gasteiger partial charge in [-0.1, -0.05) is 18.2 Å². The van der Waals surface area contributed by atoms with Crippen LogP contribution in [0.4, 0.5) is 0 Å². The van der Waals surface area contributed by atoms with E-state index in [2.05, 4.69) is 11.9 Å². The predicted octanol–water partition coefficient (Wildman–Crippen LogP) is 1.23. The van der Waals surface area contributed by atoms with Gasteiger partial charge in [-0.15, -0.1) is 6.58 Å². The molecule has 2 amide bonds. The summed E-state index contributed by atoms with van der Waals surface area (Å²) in [5.74, 6) is -1.98. The van der Waals surface area contributed by atoms with Crippen molar-refractivity contribution < 1.29 is 23.9 Å². The number of carbonyl (C=O) groups excluding carboxylic acids is 3. The lowest BCUT2D eigenvalue weighted by atomic mass is 9.80. The average molecular weight is 372 g/mol. The molecule has 2 saturated heterocycles. The minimum Gasteiger partial charge on any atom is -0.496 e. The number of likely N-dealkylation sites (tertiary alicyclic amines) is 1. The minimum absolute atomic E-state index is 0.295. The molecular formula is C20H24N2O5. The highest BCUT2D eigenvalue weighted by Crippen LogP contribution is 2.49. The first-order valence-electron chi connectivity index (χ1n) is 8.75. The van der Waals surface area contributed by atoms with E-state index in [0.717, 1.165) is 21.8 Å². The van der Waals surface area contributed by atoms with Gasteiger partial charge in [0.15, 0.2) is 0 Å². The molecule has 7 nitrogen and oxygen atoms in total. The number of hydrogen-bond acceptors (Lipinski definition) is 6. The van der Waals surface area contributed by atoms with Crippen LogP contribution in [0, 0.1) is 11.8 Å². The molecule has 1 aromatic carbocycles. The Bertz CT molecular complexity index is 821. The lowest BCUT2D eigenvalue weighted by molar-refractivity contribution is -0.152. The molecular weight excluding hydrogens is 348 g/mol. The van der Waals surface area contributed by atoms with Gasteiger partial charge in [0.25, 0.3) is 0 Å². The van der Waals surface area contributed by atoms with Crippen molar-refractivity contribution in [1.82, 2.24) is 10.2 Å². The molecule has 0 aromatic heterocycles. The topological polar surface area (TPSA) is 84.9 Å². The molecule has 0 bridgehead atoms. The Morgan fingerprint density at radius 3 is 2.63 bits per heavy atom. The minimum atomic E-state index is -1.28. The number of carbonyl (C=O) groups is 3. The Kier molecular flexibility index (Phi) is 4.82. The van der Waals surface area contributed by atoms with E-state index >= 15 is 0 Å². The van der Waals surface area contributed by atoms with Gasteiger partial charge in [-0.25, -0.2) is 0 Å². The van der Waals surface area contributed by atoms with E-state index in [1.807, 2.05) is 18.2 Å². The van der Waals surface area contributed by atoms with Crippen LogP contribution in [0.5, 0.6) is 5.75 Å². The molecule has 144 valence electrons. The molecule has 2 fully saturated rings. The van der Waals surface area contributed by atoms with Crippen LogP contribution in [0.2, 0.25) is 0 Å². The van der Waals surface area contributed by atoms with Crippen molar-refractivity contribution in [3.63, 3.8) is 0 Å². The second-order valence-electron chi connectivity index (χ2n) is 7.12. The quantitative estimate of drug-likeness (QED) is 0.475. The summed E-state index contributed by atoms with van der Waals surface area (Å²) in [5, 5.41) is 3.22. The Morgan fingerprint density at radius 2 is 2.04 bits per heavy atom. The Hall–Kier alpha value is -2.67. The molecule has 0 radical (unpaired) electrons. The summed E-state index contributed by atoms with van der Waals surface area (Å²) in [6, 6.07) is 5.10. The summed E-state index contributed by atoms with van der Waals surface area (Å²) < 4.78 is 10.3. The normalized spacial score (nSPS) is 29.6. The standard InChI is InChI=1S/C20H24N2O5/c1-6-7-11-10-12(8-9-13(11)26-4)16-14-15(18(24)22(3)17(14)23)20(2,21-16)19(25)27-5/h6,8-10,14-16,21H,1,7H2,2-5H3/t14-,15-,16-,20-/m1/s1. The van der Waals surface area contributed by atoms with E-state index in [9.17, 15) is 14.4 Å². The molecule has 0 saturated carbocycles. The van der Waals surface area contributed by atoms with E-state index in [-0.39, 0.29) is 11.8 Å². The molecule has 1 aromatic rings. The lowest BCUT2D eigenvalue weighted by Gasteiger charge is -2.28. The van der Waals surface area contributed by atoms with Crippen molar-refractivity contribution in [2.45, 2.75) is 24.9 Å². The summed E-state index contributed by atoms with van der Waals surface area (Å²) in [5.41, 5.74) is 0.451. The Labute approximate surface area is 158 Å². The largest absolute Gasteiger partial charge is 0.496 e. The second-order valence-corrected chi connectivity index (χ2v) is 7.12. The number of imide groups is 1. The number of rotatable bonds is 5. The number of fused-ring (bicyclic) bond motifs is 1. The van der Waals surface area contributed by atoms with Crippen molar-refractivity contribution in [1.29, 1.82) is 0 Å². The second kappa shape index (κ2) is 6.81. The molecule has 1 N–H and O–H groups in total. The van der Waals surface area contributed by atoms with E-state index in [1.54, 1.807) is 20.1 Å². The lowest BCUT2D eigenvalue weighted by Crippen LogP contribution is -2.53. The molecule has 0 unspecified atom stereocenters. The first-order valence-corrected chi connectivity index (χ1v) is 8.75. The van der Waals surface area contributed by atoms with Crippen molar-refractivity contribution in [2.75, 3.05) is 21.3 Å². The van der Waals surface area contributed by atoms with Crippen LogP contribution in [0.3, 0.4) is 0 Å². The van der Waals surface area contributed by atoms with Gasteiger partial charge in [0.2, 0.25) is 11.8 Å². The van der Waals surface area contributed by atoms with Crippen LogP contribution in [0.1, 0.15) is 24.1 Å². The summed E-state index contributed by atoms with van der Waals surface area (Å²) in [4.78, 5) is 39.1. The van der Waals surface area contributed by atoms with E-state index in [0.29, 0.717) is 6.42 Å². The zero-order chi connectivity index (χ0) is 19.9. The van der Waals surface area contributed by atoms with Gasteiger partial charge >= 0.3 is 5.97 Å². The number of nitrogens with zero attached hydrogens (tertiary/aromatic N) is 1. The van der Waals surface area contributed by atoms with Crippen LogP contribution in [-0.4, -0.2) is 49.5 Å². The van der Waals surface area contributed by atoms with E-state index in [1.165, 1.54) is 14.2 Å². The summed E-state index contributed by atoms with van der Waals surface area (Å²) >= 11 is 0. The number of esters is 1. The molecule has 3 rings (SSSR count). The Balaban J connectivity index is 2.09. The third-order valence-electron chi connectivity index (χ3n) is 5.65. The van der Waals surface area contributed by atoms with Gasteiger partial charge in [0.1, 0.15) is 11.3 Å². The van der Waals surface area contributed by atoms with Crippen molar-refractivity contribution in [3.05, 3.63) is 42.0 Å². The van der Waals surface area contributed by atoms with Crippen molar-refractivity contribution in [2.24, 2.45) is 11.8 Å². The molecule has 0 spiro atoms. The number of benzene rings is 1. The van der Waals surface area contributed by atoms with Crippen LogP contribution < -0.4 is 10.1 Å². The molecule has 7 heteroatoms. The van der Waals surface area contributed by atoms with Crippen LogP contribution in [0.15, 0.2) is 30.9 Å². The van der Waals surface area contributed by atoms with E-state index < -0.39 is 29.4 Å². The highest BCUT2D eigenvalue weighted by Gasteiger charge is 2.66. The van der Waals surface area contributed by atoms with Crippen LogP contribution >= 0.6 is 0 Å². The fourth-order valence-corrected chi connectivity index (χ4v) is 4.28. The van der Waals surface area contributed by atoms with Crippen LogP contribution in [0.25, 0.3) is 0 Å². The highest BCUT2D eigenvalue weighted by molar-refractivity contribution is 6.09. The highest BCUT2D eigenvalue weighted by atomic mass is 16.5. The average Bonchev–Trinajstić information content (AvgIpc) is 3.11. The monoisotopic (exact) mass is 372 g/mol. The van der Waals surface area contributed by atoms with Gasteiger partial charge in [0.05, 0.1) is 26.1 Å². The SMILES string of the molecule is C=CCc1cc([C@H]2N[C@@](C)(C(=O)OC)[C@H]3C(=O)N(C)C(=O)[C@@H]23)ccc1OC. The third-order valence-corrected chi connectivity index (χ3v) is 5.65. The fourth-order valence-electron chi connectivity index (χ4n) is 4.28. The Morgan fingerprint density at radius 1 is 1.33 bits per heavy atom. The summed E-state index contributed by atoms with van der Waals surface area (Å²) in [7, 11) is 4.32. The first-order chi connectivity index (χ1) is 12.8. The van der Waals surface area contributed by atoms with Gasteiger partial charge in [-0.3, -0.25) is 24.6 Å². The molecule has 2 aliphatic rings. The number of methoxy groups -OCH3 is 2. The first kappa shape index (κ1) is 19.1. The van der Waals surface area contributed by atoms with Crippen molar-refractivity contribution in [3.8, 4) is 5.75 Å². The maximum Gasteiger partial charge on any atom is 0.326 e. The summed E-state index contributed by atoms with van der Waals surface area (Å²) in [6.45, 7) is 5.38.